The zero-order valence-electron chi connectivity index (χ0n) is 15.2. The van der Waals surface area contributed by atoms with Crippen molar-refractivity contribution in [1.82, 2.24) is 5.32 Å². The van der Waals surface area contributed by atoms with Crippen molar-refractivity contribution in [2.24, 2.45) is 5.92 Å². The zero-order valence-corrected chi connectivity index (χ0v) is 16.1. The van der Waals surface area contributed by atoms with Gasteiger partial charge in [-0.05, 0) is 38.9 Å². The predicted octanol–water partition coefficient (Wildman–Crippen LogP) is -0.663. The molecule has 2 amide bonds. The SMILES string of the molecule is C=P(C)(C)CC[C@H]1OC([C@@H]2C=C(OCC(C)=O)C(=O)NC2=O)[C@H](O)[C@@H]1O. The van der Waals surface area contributed by atoms with Crippen molar-refractivity contribution in [2.45, 2.75) is 37.8 Å². The van der Waals surface area contributed by atoms with Gasteiger partial charge in [0.25, 0.3) is 5.91 Å². The van der Waals surface area contributed by atoms with E-state index in [2.05, 4.69) is 24.9 Å². The first-order valence-corrected chi connectivity index (χ1v) is 11.4. The first-order valence-electron chi connectivity index (χ1n) is 8.38. The maximum absolute atomic E-state index is 12.2. The summed E-state index contributed by atoms with van der Waals surface area (Å²) in [6, 6.07) is 0. The molecular formula is C17H26NO7P. The molecule has 1 saturated heterocycles. The molecule has 146 valence electrons. The van der Waals surface area contributed by atoms with Crippen LogP contribution in [0.1, 0.15) is 13.3 Å². The minimum absolute atomic E-state index is 0.177. The third-order valence-electron chi connectivity index (χ3n) is 4.30. The van der Waals surface area contributed by atoms with Gasteiger partial charge in [0.2, 0.25) is 5.91 Å². The average Bonchev–Trinajstić information content (AvgIpc) is 2.79. The van der Waals surface area contributed by atoms with Crippen LogP contribution in [-0.4, -0.2) is 84.6 Å². The number of imide groups is 1. The molecule has 2 heterocycles. The van der Waals surface area contributed by atoms with Crippen LogP contribution >= 0.6 is 6.89 Å². The largest absolute Gasteiger partial charge is 0.480 e. The molecule has 0 aliphatic carbocycles. The Morgan fingerprint density at radius 1 is 1.35 bits per heavy atom. The topological polar surface area (TPSA) is 122 Å². The van der Waals surface area contributed by atoms with Crippen molar-refractivity contribution >= 4 is 30.8 Å². The summed E-state index contributed by atoms with van der Waals surface area (Å²) in [5.74, 6) is -2.86. The summed E-state index contributed by atoms with van der Waals surface area (Å²) in [5, 5.41) is 22.7. The molecule has 9 heteroatoms. The van der Waals surface area contributed by atoms with Gasteiger partial charge in [-0.1, -0.05) is 0 Å². The van der Waals surface area contributed by atoms with E-state index in [0.29, 0.717) is 6.42 Å². The molecule has 26 heavy (non-hydrogen) atoms. The molecule has 0 radical (unpaired) electrons. The summed E-state index contributed by atoms with van der Waals surface area (Å²) in [6.45, 7) is 3.80. The Kier molecular flexibility index (Phi) is 6.45. The monoisotopic (exact) mass is 387 g/mol. The fraction of sp³-hybridized carbons (Fsp3) is 0.647. The van der Waals surface area contributed by atoms with E-state index in [9.17, 15) is 24.6 Å². The number of carbonyl (C=O) groups excluding carboxylic acids is 3. The van der Waals surface area contributed by atoms with E-state index in [4.69, 9.17) is 9.47 Å². The van der Waals surface area contributed by atoms with E-state index in [0.717, 1.165) is 6.16 Å². The van der Waals surface area contributed by atoms with Gasteiger partial charge in [-0.3, -0.25) is 19.7 Å². The number of ketones is 1. The van der Waals surface area contributed by atoms with Gasteiger partial charge in [-0.15, -0.1) is 13.2 Å². The first kappa shape index (κ1) is 20.8. The summed E-state index contributed by atoms with van der Waals surface area (Å²) < 4.78 is 10.9. The van der Waals surface area contributed by atoms with Crippen LogP contribution in [0.25, 0.3) is 0 Å². The van der Waals surface area contributed by atoms with Crippen LogP contribution in [-0.2, 0) is 23.9 Å². The van der Waals surface area contributed by atoms with E-state index in [1.165, 1.54) is 13.0 Å². The van der Waals surface area contributed by atoms with Crippen LogP contribution in [0.4, 0.5) is 0 Å². The lowest BCUT2D eigenvalue weighted by molar-refractivity contribution is -0.138. The van der Waals surface area contributed by atoms with E-state index < -0.39 is 49.0 Å². The van der Waals surface area contributed by atoms with Crippen molar-refractivity contribution < 1.29 is 34.1 Å². The molecular weight excluding hydrogens is 361 g/mol. The normalized spacial score (nSPS) is 32.2. The number of carbonyl (C=O) groups is 3. The summed E-state index contributed by atoms with van der Waals surface area (Å²) >= 11 is 0. The first-order chi connectivity index (χ1) is 12.0. The van der Waals surface area contributed by atoms with Crippen molar-refractivity contribution in [2.75, 3.05) is 26.1 Å². The number of rotatable bonds is 7. The molecule has 1 unspecified atom stereocenters. The summed E-state index contributed by atoms with van der Waals surface area (Å²) in [5.41, 5.74) is 0. The van der Waals surface area contributed by atoms with E-state index >= 15 is 0 Å². The van der Waals surface area contributed by atoms with Crippen LogP contribution in [0.2, 0.25) is 0 Å². The number of hydrogen-bond donors (Lipinski definition) is 3. The second kappa shape index (κ2) is 8.05. The van der Waals surface area contributed by atoms with E-state index in [1.807, 2.05) is 0 Å². The van der Waals surface area contributed by atoms with Crippen molar-refractivity contribution in [3.63, 3.8) is 0 Å². The molecule has 0 bridgehead atoms. The highest BCUT2D eigenvalue weighted by molar-refractivity contribution is 7.72. The second-order valence-corrected chi connectivity index (χ2v) is 11.8. The molecule has 0 spiro atoms. The number of amides is 2. The highest BCUT2D eigenvalue weighted by Crippen LogP contribution is 2.39. The molecule has 2 aliphatic heterocycles. The van der Waals surface area contributed by atoms with Crippen molar-refractivity contribution in [3.8, 4) is 0 Å². The third kappa shape index (κ3) is 5.04. The lowest BCUT2D eigenvalue weighted by Crippen LogP contribution is -2.48. The van der Waals surface area contributed by atoms with Crippen LogP contribution in [0.5, 0.6) is 0 Å². The molecule has 0 aromatic heterocycles. The number of aliphatic hydroxyl groups excluding tert-OH is 2. The lowest BCUT2D eigenvalue weighted by Gasteiger charge is -2.26. The number of nitrogens with one attached hydrogen (secondary N) is 1. The molecule has 0 aromatic rings. The predicted molar refractivity (Wildman–Crippen MR) is 97.4 cm³/mol. The minimum Gasteiger partial charge on any atom is -0.480 e. The summed E-state index contributed by atoms with van der Waals surface area (Å²) in [6.07, 6.45) is 2.60. The van der Waals surface area contributed by atoms with Crippen molar-refractivity contribution in [1.29, 1.82) is 0 Å². The van der Waals surface area contributed by atoms with Gasteiger partial charge in [-0.25, -0.2) is 0 Å². The van der Waals surface area contributed by atoms with Crippen LogP contribution in [0.15, 0.2) is 11.8 Å². The number of hydrogen-bond acceptors (Lipinski definition) is 7. The maximum atomic E-state index is 12.2. The molecule has 5 atom stereocenters. The third-order valence-corrected chi connectivity index (χ3v) is 5.77. The van der Waals surface area contributed by atoms with Gasteiger partial charge in [0, 0.05) is 0 Å². The standard InChI is InChI=1S/C17H26NO7P/c1-9(19)8-24-12-7-10(16(22)18-17(12)23)15-14(21)13(20)11(25-15)5-6-26(2,3)4/h7,10-11,13-15,20-21H,2,5-6,8H2,1,3-4H3,(H,18,22,23)/t10-,11+,13+,14+,15?/m0/s1. The van der Waals surface area contributed by atoms with Gasteiger partial charge in [0.1, 0.15) is 24.9 Å². The molecule has 1 fully saturated rings. The van der Waals surface area contributed by atoms with Gasteiger partial charge in [0.05, 0.1) is 12.0 Å². The molecule has 2 rings (SSSR count). The fourth-order valence-corrected chi connectivity index (χ4v) is 3.85. The highest BCUT2D eigenvalue weighted by atomic mass is 31.2. The summed E-state index contributed by atoms with van der Waals surface area (Å²) in [7, 11) is 0. The zero-order chi connectivity index (χ0) is 19.6. The Morgan fingerprint density at radius 3 is 2.58 bits per heavy atom. The number of Topliss-reactive ketones (excluding diaryl/α,β-unsaturated/α-hetero) is 1. The van der Waals surface area contributed by atoms with Gasteiger partial charge >= 0.3 is 0 Å². The fourth-order valence-electron chi connectivity index (χ4n) is 2.90. The maximum Gasteiger partial charge on any atom is 0.292 e. The molecule has 3 N–H and O–H groups in total. The summed E-state index contributed by atoms with van der Waals surface area (Å²) in [4.78, 5) is 35.0. The Labute approximate surface area is 152 Å². The molecule has 0 aromatic carbocycles. The molecule has 2 aliphatic rings. The number of ether oxygens (including phenoxy) is 2. The second-order valence-electron chi connectivity index (χ2n) is 7.43. The van der Waals surface area contributed by atoms with Crippen LogP contribution in [0.3, 0.4) is 0 Å². The quantitative estimate of drug-likeness (QED) is 0.391. The van der Waals surface area contributed by atoms with Gasteiger partial charge in [0.15, 0.2) is 11.5 Å². The Balaban J connectivity index is 2.14. The minimum atomic E-state index is -1.33. The van der Waals surface area contributed by atoms with Crippen LogP contribution < -0.4 is 5.32 Å². The Bertz CT molecular complexity index is 668. The average molecular weight is 387 g/mol. The lowest BCUT2D eigenvalue weighted by atomic mass is 9.92. The van der Waals surface area contributed by atoms with Crippen molar-refractivity contribution in [3.05, 3.63) is 11.8 Å². The van der Waals surface area contributed by atoms with E-state index in [-0.39, 0.29) is 18.1 Å². The van der Waals surface area contributed by atoms with E-state index in [1.54, 1.807) is 0 Å². The Morgan fingerprint density at radius 2 is 2.00 bits per heavy atom. The number of aliphatic hydroxyl groups is 2. The highest BCUT2D eigenvalue weighted by Gasteiger charge is 2.49. The Hall–Kier alpha value is -1.47. The van der Waals surface area contributed by atoms with Gasteiger partial charge < -0.3 is 19.7 Å². The molecule has 8 nitrogen and oxygen atoms in total. The van der Waals surface area contributed by atoms with Gasteiger partial charge in [-0.2, -0.15) is 0 Å². The molecule has 0 saturated carbocycles. The van der Waals surface area contributed by atoms with Crippen LogP contribution in [0, 0.1) is 5.92 Å². The smallest absolute Gasteiger partial charge is 0.292 e.